The van der Waals surface area contributed by atoms with Crippen LogP contribution in [0.5, 0.6) is 0 Å². The second-order valence-corrected chi connectivity index (χ2v) is 6.19. The molecule has 140 valence electrons. The summed E-state index contributed by atoms with van der Waals surface area (Å²) in [7, 11) is 0. The molecule has 1 aliphatic heterocycles. The lowest BCUT2D eigenvalue weighted by atomic mass is 9.95. The monoisotopic (exact) mass is 382 g/mol. The highest BCUT2D eigenvalue weighted by Gasteiger charge is 2.36. The first-order valence-electron chi connectivity index (χ1n) is 7.83. The second kappa shape index (κ2) is 5.73. The fraction of sp³-hybridized carbons (Fsp3) is 0.235. The highest BCUT2D eigenvalue weighted by Crippen LogP contribution is 2.41. The minimum atomic E-state index is -4.73. The number of rotatable bonds is 2. The van der Waals surface area contributed by atoms with Gasteiger partial charge in [0, 0.05) is 17.4 Å². The lowest BCUT2D eigenvalue weighted by molar-refractivity contribution is -0.137. The number of aryl methyl sites for hydroxylation is 1. The molecule has 10 heteroatoms. The van der Waals surface area contributed by atoms with E-state index in [4.69, 9.17) is 0 Å². The van der Waals surface area contributed by atoms with Crippen molar-refractivity contribution in [2.24, 2.45) is 0 Å². The number of amides is 1. The average molecular weight is 382 g/mol. The third kappa shape index (κ3) is 2.81. The molecule has 0 fully saturated rings. The van der Waals surface area contributed by atoms with Crippen LogP contribution in [0.2, 0.25) is 0 Å². The van der Waals surface area contributed by atoms with Gasteiger partial charge >= 0.3 is 6.18 Å². The Kier molecular flexibility index (Phi) is 3.69. The molecule has 5 nitrogen and oxygen atoms in total. The first-order chi connectivity index (χ1) is 12.6. The first kappa shape index (κ1) is 17.4. The van der Waals surface area contributed by atoms with Crippen molar-refractivity contribution in [1.29, 1.82) is 0 Å². The summed E-state index contributed by atoms with van der Waals surface area (Å²) < 4.78 is 67.6. The van der Waals surface area contributed by atoms with Crippen LogP contribution in [-0.4, -0.2) is 20.5 Å². The number of benzene rings is 1. The highest BCUT2D eigenvalue weighted by atomic mass is 19.4. The number of alkyl halides is 5. The van der Waals surface area contributed by atoms with Gasteiger partial charge in [0.15, 0.2) is 5.65 Å². The summed E-state index contributed by atoms with van der Waals surface area (Å²) >= 11 is 0. The number of nitrogens with one attached hydrogen (secondary N) is 1. The van der Waals surface area contributed by atoms with Gasteiger partial charge in [-0.15, -0.1) is 5.10 Å². The van der Waals surface area contributed by atoms with E-state index in [9.17, 15) is 26.7 Å². The summed E-state index contributed by atoms with van der Waals surface area (Å²) in [5.74, 6) is -1.12. The summed E-state index contributed by atoms with van der Waals surface area (Å²) in [6.45, 7) is 1.65. The van der Waals surface area contributed by atoms with Crippen LogP contribution in [0.25, 0.3) is 16.8 Å². The summed E-state index contributed by atoms with van der Waals surface area (Å²) in [5.41, 5.74) is 0.106. The van der Waals surface area contributed by atoms with Crippen molar-refractivity contribution in [2.75, 3.05) is 5.32 Å². The first-order valence-corrected chi connectivity index (χ1v) is 7.83. The zero-order chi connectivity index (χ0) is 19.5. The largest absolute Gasteiger partial charge is 0.417 e. The third-order valence-corrected chi connectivity index (χ3v) is 4.34. The van der Waals surface area contributed by atoms with Crippen molar-refractivity contribution >= 4 is 17.2 Å². The summed E-state index contributed by atoms with van der Waals surface area (Å²) in [6, 6.07) is 3.69. The van der Waals surface area contributed by atoms with E-state index in [-0.39, 0.29) is 29.1 Å². The Morgan fingerprint density at radius 3 is 2.67 bits per heavy atom. The van der Waals surface area contributed by atoms with Crippen LogP contribution in [0.15, 0.2) is 24.4 Å². The van der Waals surface area contributed by atoms with Gasteiger partial charge < -0.3 is 5.32 Å². The predicted molar refractivity (Wildman–Crippen MR) is 85.5 cm³/mol. The van der Waals surface area contributed by atoms with Crippen molar-refractivity contribution in [3.8, 4) is 11.1 Å². The third-order valence-electron chi connectivity index (χ3n) is 4.34. The zero-order valence-corrected chi connectivity index (χ0v) is 13.7. The van der Waals surface area contributed by atoms with Crippen molar-refractivity contribution in [3.05, 3.63) is 46.9 Å². The molecular formula is C17H11F5N4O. The number of hydrogen-bond acceptors (Lipinski definition) is 3. The van der Waals surface area contributed by atoms with E-state index in [1.54, 1.807) is 6.92 Å². The van der Waals surface area contributed by atoms with E-state index in [1.807, 2.05) is 0 Å². The molecular weight excluding hydrogens is 371 g/mol. The average Bonchev–Trinajstić information content (AvgIpc) is 3.15. The van der Waals surface area contributed by atoms with Crippen molar-refractivity contribution in [2.45, 2.75) is 25.9 Å². The number of halogens is 5. The van der Waals surface area contributed by atoms with E-state index in [0.717, 1.165) is 16.8 Å². The van der Waals surface area contributed by atoms with Gasteiger partial charge in [0.05, 0.1) is 12.0 Å². The van der Waals surface area contributed by atoms with Crippen molar-refractivity contribution in [1.82, 2.24) is 14.6 Å². The number of pyridine rings is 1. The zero-order valence-electron chi connectivity index (χ0n) is 13.7. The van der Waals surface area contributed by atoms with Gasteiger partial charge in [-0.25, -0.2) is 18.3 Å². The quantitative estimate of drug-likeness (QED) is 0.678. The van der Waals surface area contributed by atoms with Crippen molar-refractivity contribution in [3.63, 3.8) is 0 Å². The fourth-order valence-electron chi connectivity index (χ4n) is 3.26. The summed E-state index contributed by atoms with van der Waals surface area (Å²) in [5, 5.41) is 6.20. The molecule has 2 aromatic heterocycles. The molecule has 0 aliphatic carbocycles. The summed E-state index contributed by atoms with van der Waals surface area (Å²) in [4.78, 5) is 15.2. The molecule has 0 saturated heterocycles. The molecule has 1 N–H and O–H groups in total. The number of carbonyl (C=O) groups excluding carboxylic acids is 1. The number of hydrogen-bond donors (Lipinski definition) is 1. The number of carbonyl (C=O) groups is 1. The molecule has 4 rings (SSSR count). The van der Waals surface area contributed by atoms with E-state index in [2.05, 4.69) is 15.4 Å². The molecule has 1 aromatic carbocycles. The number of fused-ring (bicyclic) bond motifs is 2. The van der Waals surface area contributed by atoms with Gasteiger partial charge in [-0.2, -0.15) is 13.2 Å². The Bertz CT molecular complexity index is 1090. The molecule has 1 amide bonds. The topological polar surface area (TPSA) is 59.3 Å². The molecule has 0 radical (unpaired) electrons. The normalized spacial score (nSPS) is 14.1. The molecule has 0 spiro atoms. The number of nitrogens with zero attached hydrogens (tertiary/aromatic N) is 3. The van der Waals surface area contributed by atoms with Crippen LogP contribution in [0, 0.1) is 6.92 Å². The van der Waals surface area contributed by atoms with E-state index < -0.39 is 24.0 Å². The van der Waals surface area contributed by atoms with Gasteiger partial charge in [-0.1, -0.05) is 0 Å². The number of anilines is 1. The lowest BCUT2D eigenvalue weighted by Crippen LogP contribution is -2.09. The molecule has 0 unspecified atom stereocenters. The van der Waals surface area contributed by atoms with Gasteiger partial charge in [-0.3, -0.25) is 4.79 Å². The standard InChI is InChI=1S/C17H11F5N4O/c1-7-4-8(5-9-6-11(27)23-13(7)9)12-10(17(20,21)22)2-3-26-16(12)24-15(25-26)14(18)19/h2-5,14H,6H2,1H3,(H,23,27). The lowest BCUT2D eigenvalue weighted by Gasteiger charge is -2.15. The minimum absolute atomic E-state index is 0.0312. The molecule has 0 saturated carbocycles. The molecule has 0 atom stereocenters. The molecule has 27 heavy (non-hydrogen) atoms. The van der Waals surface area contributed by atoms with Gasteiger partial charge in [0.2, 0.25) is 11.7 Å². The van der Waals surface area contributed by atoms with Crippen LogP contribution in [0.1, 0.15) is 28.9 Å². The Hall–Kier alpha value is -3.04. The van der Waals surface area contributed by atoms with Crippen LogP contribution < -0.4 is 5.32 Å². The van der Waals surface area contributed by atoms with Crippen LogP contribution >= 0.6 is 0 Å². The highest BCUT2D eigenvalue weighted by molar-refractivity contribution is 6.01. The van der Waals surface area contributed by atoms with Gasteiger partial charge in [0.25, 0.3) is 6.43 Å². The maximum absolute atomic E-state index is 13.6. The Balaban J connectivity index is 2.04. The fourth-order valence-corrected chi connectivity index (χ4v) is 3.26. The van der Waals surface area contributed by atoms with Crippen LogP contribution in [-0.2, 0) is 17.4 Å². The molecule has 1 aliphatic rings. The van der Waals surface area contributed by atoms with Crippen LogP contribution in [0.4, 0.5) is 27.6 Å². The van der Waals surface area contributed by atoms with Gasteiger partial charge in [-0.05, 0) is 41.8 Å². The molecule has 3 aromatic rings. The SMILES string of the molecule is Cc1cc(-c2c(C(F)(F)F)ccn3nc(C(F)F)nc23)cc2c1NC(=O)C2. The maximum Gasteiger partial charge on any atom is 0.417 e. The van der Waals surface area contributed by atoms with Crippen molar-refractivity contribution < 1.29 is 26.7 Å². The van der Waals surface area contributed by atoms with Gasteiger partial charge in [0.1, 0.15) is 0 Å². The second-order valence-electron chi connectivity index (χ2n) is 6.19. The van der Waals surface area contributed by atoms with E-state index >= 15 is 0 Å². The Labute approximate surface area is 148 Å². The van der Waals surface area contributed by atoms with E-state index in [1.165, 1.54) is 12.1 Å². The van der Waals surface area contributed by atoms with E-state index in [0.29, 0.717) is 16.8 Å². The number of aromatic nitrogens is 3. The summed E-state index contributed by atoms with van der Waals surface area (Å²) in [6.07, 6.45) is -6.76. The van der Waals surface area contributed by atoms with Crippen LogP contribution in [0.3, 0.4) is 0 Å². The smallest absolute Gasteiger partial charge is 0.325 e. The molecule has 0 bridgehead atoms. The maximum atomic E-state index is 13.6. The molecule has 3 heterocycles. The predicted octanol–water partition coefficient (Wildman–Crippen LogP) is 4.16. The Morgan fingerprint density at radius 2 is 2.00 bits per heavy atom. The Morgan fingerprint density at radius 1 is 1.26 bits per heavy atom. The minimum Gasteiger partial charge on any atom is -0.325 e.